The van der Waals surface area contributed by atoms with Crippen molar-refractivity contribution in [3.8, 4) is 0 Å². The largest absolute Gasteiger partial charge is 0.392 e. The van der Waals surface area contributed by atoms with Crippen LogP contribution in [0.25, 0.3) is 0 Å². The minimum Gasteiger partial charge on any atom is -0.392 e. The first-order chi connectivity index (χ1) is 8.54. The number of pyridine rings is 1. The molecule has 1 aliphatic heterocycles. The van der Waals surface area contributed by atoms with E-state index in [2.05, 4.69) is 28.9 Å². The maximum atomic E-state index is 9.82. The van der Waals surface area contributed by atoms with Crippen molar-refractivity contribution in [1.82, 2.24) is 14.8 Å². The van der Waals surface area contributed by atoms with Gasteiger partial charge in [0.2, 0.25) is 0 Å². The minimum absolute atomic E-state index is 0.216. The van der Waals surface area contributed by atoms with Gasteiger partial charge in [-0.25, -0.2) is 4.98 Å². The first-order valence-corrected chi connectivity index (χ1v) is 6.59. The average molecular weight is 270 g/mol. The average Bonchev–Trinajstić information content (AvgIpc) is 2.58. The molecule has 0 aliphatic carbocycles. The predicted molar refractivity (Wildman–Crippen MR) is 72.6 cm³/mol. The van der Waals surface area contributed by atoms with Crippen LogP contribution in [0, 0.1) is 0 Å². The summed E-state index contributed by atoms with van der Waals surface area (Å²) < 4.78 is 0. The SMILES string of the molecule is CN(C)CC1CC(O)CN1Cc1ccnc(Cl)c1. The third-order valence-corrected chi connectivity index (χ3v) is 3.47. The lowest BCUT2D eigenvalue weighted by Crippen LogP contribution is -2.37. The summed E-state index contributed by atoms with van der Waals surface area (Å²) in [5.41, 5.74) is 1.15. The Morgan fingerprint density at radius 2 is 2.33 bits per heavy atom. The molecule has 1 aromatic rings. The molecule has 5 heteroatoms. The van der Waals surface area contributed by atoms with Crippen LogP contribution >= 0.6 is 11.6 Å². The van der Waals surface area contributed by atoms with Crippen molar-refractivity contribution in [2.45, 2.75) is 25.1 Å². The van der Waals surface area contributed by atoms with Crippen molar-refractivity contribution in [3.63, 3.8) is 0 Å². The number of hydrogen-bond donors (Lipinski definition) is 1. The molecule has 4 nitrogen and oxygen atoms in total. The fraction of sp³-hybridized carbons (Fsp3) is 0.615. The molecule has 0 saturated carbocycles. The van der Waals surface area contributed by atoms with Crippen LogP contribution in [0.3, 0.4) is 0 Å². The molecule has 1 aromatic heterocycles. The molecule has 0 spiro atoms. The second-order valence-corrected chi connectivity index (χ2v) is 5.61. The molecule has 1 fully saturated rings. The minimum atomic E-state index is -0.216. The van der Waals surface area contributed by atoms with E-state index < -0.39 is 0 Å². The van der Waals surface area contributed by atoms with Crippen molar-refractivity contribution in [2.75, 3.05) is 27.2 Å². The van der Waals surface area contributed by atoms with Crippen molar-refractivity contribution in [2.24, 2.45) is 0 Å². The highest BCUT2D eigenvalue weighted by Crippen LogP contribution is 2.21. The molecule has 0 bridgehead atoms. The number of likely N-dealkylation sites (tertiary alicyclic amines) is 1. The van der Waals surface area contributed by atoms with Gasteiger partial charge in [-0.05, 0) is 38.2 Å². The Labute approximate surface area is 113 Å². The highest BCUT2D eigenvalue weighted by Gasteiger charge is 2.30. The van der Waals surface area contributed by atoms with Gasteiger partial charge >= 0.3 is 0 Å². The number of nitrogens with zero attached hydrogens (tertiary/aromatic N) is 3. The van der Waals surface area contributed by atoms with Crippen molar-refractivity contribution >= 4 is 11.6 Å². The summed E-state index contributed by atoms with van der Waals surface area (Å²) in [5, 5.41) is 10.3. The summed E-state index contributed by atoms with van der Waals surface area (Å²) in [6.07, 6.45) is 2.36. The standard InChI is InChI=1S/C13H20ClN3O/c1-16(2)8-11-6-12(18)9-17(11)7-10-3-4-15-13(14)5-10/h3-5,11-12,18H,6-9H2,1-2H3. The first kappa shape index (κ1) is 13.7. The topological polar surface area (TPSA) is 39.6 Å². The second-order valence-electron chi connectivity index (χ2n) is 5.22. The molecular weight excluding hydrogens is 250 g/mol. The van der Waals surface area contributed by atoms with Crippen LogP contribution in [0.5, 0.6) is 0 Å². The highest BCUT2D eigenvalue weighted by atomic mass is 35.5. The van der Waals surface area contributed by atoms with E-state index in [-0.39, 0.29) is 6.10 Å². The lowest BCUT2D eigenvalue weighted by atomic mass is 10.2. The molecule has 100 valence electrons. The van der Waals surface area contributed by atoms with Crippen LogP contribution in [0.1, 0.15) is 12.0 Å². The predicted octanol–water partition coefficient (Wildman–Crippen LogP) is 1.23. The molecular formula is C13H20ClN3O. The molecule has 2 rings (SSSR count). The molecule has 2 atom stereocenters. The smallest absolute Gasteiger partial charge is 0.129 e. The van der Waals surface area contributed by atoms with E-state index in [1.165, 1.54) is 0 Å². The molecule has 2 heterocycles. The van der Waals surface area contributed by atoms with Crippen LogP contribution in [0.2, 0.25) is 5.15 Å². The monoisotopic (exact) mass is 269 g/mol. The summed E-state index contributed by atoms with van der Waals surface area (Å²) in [4.78, 5) is 8.46. The molecule has 18 heavy (non-hydrogen) atoms. The van der Waals surface area contributed by atoms with Gasteiger partial charge in [0, 0.05) is 31.9 Å². The summed E-state index contributed by atoms with van der Waals surface area (Å²) in [7, 11) is 4.12. The normalized spacial score (nSPS) is 24.9. The van der Waals surface area contributed by atoms with Gasteiger partial charge in [-0.3, -0.25) is 4.90 Å². The van der Waals surface area contributed by atoms with Crippen LogP contribution in [-0.4, -0.2) is 59.2 Å². The van der Waals surface area contributed by atoms with Crippen molar-refractivity contribution in [1.29, 1.82) is 0 Å². The van der Waals surface area contributed by atoms with Crippen molar-refractivity contribution < 1.29 is 5.11 Å². The third-order valence-electron chi connectivity index (χ3n) is 3.26. The number of β-amino-alcohol motifs (C(OH)–C–C–N with tert-alkyl or cyclic N) is 1. The highest BCUT2D eigenvalue weighted by molar-refractivity contribution is 6.29. The molecule has 0 radical (unpaired) electrons. The molecule has 0 aromatic carbocycles. The quantitative estimate of drug-likeness (QED) is 0.835. The van der Waals surface area contributed by atoms with E-state index in [4.69, 9.17) is 11.6 Å². The number of aliphatic hydroxyl groups excluding tert-OH is 1. The lowest BCUT2D eigenvalue weighted by Gasteiger charge is -2.26. The van der Waals surface area contributed by atoms with Gasteiger partial charge in [0.15, 0.2) is 0 Å². The number of aromatic nitrogens is 1. The van der Waals surface area contributed by atoms with Gasteiger partial charge in [0.05, 0.1) is 6.10 Å². The van der Waals surface area contributed by atoms with E-state index in [1.54, 1.807) is 6.20 Å². The maximum absolute atomic E-state index is 9.82. The van der Waals surface area contributed by atoms with Gasteiger partial charge in [-0.2, -0.15) is 0 Å². The van der Waals surface area contributed by atoms with E-state index in [0.29, 0.717) is 11.2 Å². The lowest BCUT2D eigenvalue weighted by molar-refractivity contribution is 0.169. The molecule has 1 saturated heterocycles. The van der Waals surface area contributed by atoms with E-state index in [0.717, 1.165) is 31.6 Å². The fourth-order valence-corrected chi connectivity index (χ4v) is 2.73. The Morgan fingerprint density at radius 1 is 1.56 bits per heavy atom. The third kappa shape index (κ3) is 3.65. The van der Waals surface area contributed by atoms with Crippen molar-refractivity contribution in [3.05, 3.63) is 29.0 Å². The Morgan fingerprint density at radius 3 is 3.00 bits per heavy atom. The number of hydrogen-bond acceptors (Lipinski definition) is 4. The number of aliphatic hydroxyl groups is 1. The van der Waals surface area contributed by atoms with Gasteiger partial charge in [0.25, 0.3) is 0 Å². The Hall–Kier alpha value is -0.680. The van der Waals surface area contributed by atoms with E-state index in [1.807, 2.05) is 12.1 Å². The number of likely N-dealkylation sites (N-methyl/N-ethyl adjacent to an activating group) is 1. The Bertz CT molecular complexity index is 400. The summed E-state index contributed by atoms with van der Waals surface area (Å²) in [5.74, 6) is 0. The van der Waals surface area contributed by atoms with E-state index in [9.17, 15) is 5.11 Å². The van der Waals surface area contributed by atoms with Crippen LogP contribution in [0.4, 0.5) is 0 Å². The fourth-order valence-electron chi connectivity index (χ4n) is 2.54. The summed E-state index contributed by atoms with van der Waals surface area (Å²) >= 11 is 5.89. The Kier molecular flexibility index (Phi) is 4.56. The second kappa shape index (κ2) is 5.97. The van der Waals surface area contributed by atoms with Gasteiger partial charge < -0.3 is 10.0 Å². The first-order valence-electron chi connectivity index (χ1n) is 6.22. The van der Waals surface area contributed by atoms with Gasteiger partial charge in [-0.1, -0.05) is 11.6 Å². The van der Waals surface area contributed by atoms with Crippen LogP contribution < -0.4 is 0 Å². The zero-order chi connectivity index (χ0) is 13.1. The van der Waals surface area contributed by atoms with Gasteiger partial charge in [-0.15, -0.1) is 0 Å². The molecule has 2 unspecified atom stereocenters. The molecule has 1 N–H and O–H groups in total. The Balaban J connectivity index is 2.02. The number of rotatable bonds is 4. The maximum Gasteiger partial charge on any atom is 0.129 e. The zero-order valence-electron chi connectivity index (χ0n) is 10.9. The van der Waals surface area contributed by atoms with Crippen LogP contribution in [-0.2, 0) is 6.54 Å². The molecule has 1 aliphatic rings. The van der Waals surface area contributed by atoms with Gasteiger partial charge in [0.1, 0.15) is 5.15 Å². The summed E-state index contributed by atoms with van der Waals surface area (Å²) in [6, 6.07) is 4.27. The molecule has 0 amide bonds. The summed E-state index contributed by atoms with van der Waals surface area (Å²) in [6.45, 7) is 2.52. The number of halogens is 1. The van der Waals surface area contributed by atoms with Crippen LogP contribution in [0.15, 0.2) is 18.3 Å². The van der Waals surface area contributed by atoms with E-state index >= 15 is 0 Å². The zero-order valence-corrected chi connectivity index (χ0v) is 11.6.